The molecule has 4 nitrogen and oxygen atoms in total. The molecule has 0 spiro atoms. The van der Waals surface area contributed by atoms with E-state index in [-0.39, 0.29) is 12.1 Å². The van der Waals surface area contributed by atoms with E-state index in [0.29, 0.717) is 11.4 Å². The number of sulfonamides is 1. The fourth-order valence-corrected chi connectivity index (χ4v) is 5.23. The lowest BCUT2D eigenvalue weighted by Gasteiger charge is -2.25. The average molecular weight is 296 g/mol. The maximum atomic E-state index is 13.0. The van der Waals surface area contributed by atoms with Crippen LogP contribution in [0.1, 0.15) is 35.6 Å². The van der Waals surface area contributed by atoms with Gasteiger partial charge in [0.05, 0.1) is 4.90 Å². The minimum absolute atomic E-state index is 0.0729. The molecule has 5 heteroatoms. The van der Waals surface area contributed by atoms with Gasteiger partial charge in [-0.1, -0.05) is 6.07 Å². The van der Waals surface area contributed by atoms with Crippen molar-refractivity contribution in [2.75, 3.05) is 6.54 Å². The third kappa shape index (κ3) is 2.28. The highest BCUT2D eigenvalue weighted by molar-refractivity contribution is 7.89. The van der Waals surface area contributed by atoms with Gasteiger partial charge in [0.1, 0.15) is 0 Å². The monoisotopic (exact) mass is 296 g/mol. The molecule has 112 valence electrons. The van der Waals surface area contributed by atoms with Crippen LogP contribution in [-0.4, -0.2) is 31.4 Å². The van der Waals surface area contributed by atoms with Gasteiger partial charge >= 0.3 is 0 Å². The molecule has 2 N–H and O–H groups in total. The second-order valence-electron chi connectivity index (χ2n) is 5.90. The molecule has 1 aliphatic rings. The van der Waals surface area contributed by atoms with Crippen molar-refractivity contribution >= 4 is 10.0 Å². The molecule has 1 fully saturated rings. The average Bonchev–Trinajstić information content (AvgIpc) is 2.68. The second kappa shape index (κ2) is 5.13. The molecule has 0 aromatic heterocycles. The minimum atomic E-state index is -3.47. The lowest BCUT2D eigenvalue weighted by molar-refractivity contribution is 0.392. The first-order chi connectivity index (χ1) is 9.17. The number of nitrogens with zero attached hydrogens (tertiary/aromatic N) is 1. The van der Waals surface area contributed by atoms with Crippen LogP contribution in [0.2, 0.25) is 0 Å². The maximum absolute atomic E-state index is 13.0. The Bertz CT molecular complexity index is 612. The number of hydrogen-bond donors (Lipinski definition) is 1. The Hall–Kier alpha value is -0.910. The van der Waals surface area contributed by atoms with Crippen molar-refractivity contribution in [3.05, 3.63) is 28.3 Å². The summed E-state index contributed by atoms with van der Waals surface area (Å²) >= 11 is 0. The molecule has 1 aliphatic heterocycles. The third-order valence-electron chi connectivity index (χ3n) is 4.62. The lowest BCUT2D eigenvalue weighted by atomic mass is 10.0. The molecule has 0 radical (unpaired) electrons. The summed E-state index contributed by atoms with van der Waals surface area (Å²) in [6.45, 7) is 10.1. The Morgan fingerprint density at radius 1 is 1.15 bits per heavy atom. The summed E-state index contributed by atoms with van der Waals surface area (Å²) in [5.74, 6) is 0. The van der Waals surface area contributed by atoms with Crippen LogP contribution < -0.4 is 5.73 Å². The number of aryl methyl sites for hydroxylation is 2. The van der Waals surface area contributed by atoms with Gasteiger partial charge in [-0.05, 0) is 63.3 Å². The quantitative estimate of drug-likeness (QED) is 0.908. The van der Waals surface area contributed by atoms with Gasteiger partial charge in [-0.25, -0.2) is 8.42 Å². The number of rotatable bonds is 2. The van der Waals surface area contributed by atoms with Gasteiger partial charge < -0.3 is 5.73 Å². The molecule has 20 heavy (non-hydrogen) atoms. The molecule has 2 unspecified atom stereocenters. The Morgan fingerprint density at radius 2 is 1.65 bits per heavy atom. The van der Waals surface area contributed by atoms with Crippen molar-refractivity contribution in [3.8, 4) is 0 Å². The fraction of sp³-hybridized carbons (Fsp3) is 0.600. The summed E-state index contributed by atoms with van der Waals surface area (Å²) in [4.78, 5) is 0.468. The van der Waals surface area contributed by atoms with Crippen molar-refractivity contribution in [2.24, 2.45) is 5.73 Å². The van der Waals surface area contributed by atoms with Gasteiger partial charge in [-0.15, -0.1) is 0 Å². The molecule has 1 heterocycles. The topological polar surface area (TPSA) is 63.4 Å². The van der Waals surface area contributed by atoms with Crippen molar-refractivity contribution < 1.29 is 8.42 Å². The molecular weight excluding hydrogens is 272 g/mol. The highest BCUT2D eigenvalue weighted by Gasteiger charge is 2.38. The first-order valence-electron chi connectivity index (χ1n) is 7.02. The SMILES string of the molecule is Cc1cc(C)c(C)c(S(=O)(=O)N2CCC(N)C2C)c1C. The fourth-order valence-electron chi connectivity index (χ4n) is 2.96. The van der Waals surface area contributed by atoms with Crippen molar-refractivity contribution in [3.63, 3.8) is 0 Å². The second-order valence-corrected chi connectivity index (χ2v) is 7.73. The Morgan fingerprint density at radius 3 is 2.05 bits per heavy atom. The predicted molar refractivity (Wildman–Crippen MR) is 81.3 cm³/mol. The third-order valence-corrected chi connectivity index (χ3v) is 6.88. The molecule has 0 aliphatic carbocycles. The van der Waals surface area contributed by atoms with Gasteiger partial charge in [0, 0.05) is 18.6 Å². The zero-order chi connectivity index (χ0) is 15.2. The molecule has 0 bridgehead atoms. The minimum Gasteiger partial charge on any atom is -0.326 e. The standard InChI is InChI=1S/C15H24N2O2S/c1-9-8-10(2)12(4)15(11(9)3)20(18,19)17-7-6-14(16)13(17)5/h8,13-14H,6-7,16H2,1-5H3. The van der Waals surface area contributed by atoms with E-state index in [9.17, 15) is 8.42 Å². The molecule has 1 saturated heterocycles. The maximum Gasteiger partial charge on any atom is 0.243 e. The summed E-state index contributed by atoms with van der Waals surface area (Å²) in [5, 5.41) is 0. The Balaban J connectivity index is 2.62. The summed E-state index contributed by atoms with van der Waals surface area (Å²) in [6, 6.07) is 1.83. The van der Waals surface area contributed by atoms with Crippen LogP contribution in [0.5, 0.6) is 0 Å². The predicted octanol–water partition coefficient (Wildman–Crippen LogP) is 2.03. The van der Waals surface area contributed by atoms with Crippen LogP contribution in [0, 0.1) is 27.7 Å². The zero-order valence-corrected chi connectivity index (χ0v) is 13.7. The highest BCUT2D eigenvalue weighted by atomic mass is 32.2. The van der Waals surface area contributed by atoms with E-state index in [4.69, 9.17) is 5.73 Å². The van der Waals surface area contributed by atoms with E-state index in [1.807, 2.05) is 40.7 Å². The van der Waals surface area contributed by atoms with Gasteiger partial charge in [-0.3, -0.25) is 0 Å². The van der Waals surface area contributed by atoms with Crippen LogP contribution >= 0.6 is 0 Å². The smallest absolute Gasteiger partial charge is 0.243 e. The molecule has 2 rings (SSSR count). The lowest BCUT2D eigenvalue weighted by Crippen LogP contribution is -2.40. The molecule has 0 amide bonds. The van der Waals surface area contributed by atoms with E-state index in [0.717, 1.165) is 28.7 Å². The Kier molecular flexibility index (Phi) is 3.97. The first kappa shape index (κ1) is 15.5. The van der Waals surface area contributed by atoms with Gasteiger partial charge in [0.15, 0.2) is 0 Å². The summed E-state index contributed by atoms with van der Waals surface area (Å²) in [7, 11) is -3.47. The van der Waals surface area contributed by atoms with E-state index >= 15 is 0 Å². The molecule has 1 aromatic rings. The molecule has 2 atom stereocenters. The van der Waals surface area contributed by atoms with Crippen LogP contribution in [0.15, 0.2) is 11.0 Å². The van der Waals surface area contributed by atoms with Crippen LogP contribution in [0.25, 0.3) is 0 Å². The summed E-state index contributed by atoms with van der Waals surface area (Å²) in [5.41, 5.74) is 9.70. The first-order valence-corrected chi connectivity index (χ1v) is 8.46. The van der Waals surface area contributed by atoms with Crippen LogP contribution in [0.3, 0.4) is 0 Å². The molecule has 0 saturated carbocycles. The number of nitrogens with two attached hydrogens (primary N) is 1. The van der Waals surface area contributed by atoms with Gasteiger partial charge in [0.25, 0.3) is 0 Å². The molecule has 1 aromatic carbocycles. The van der Waals surface area contributed by atoms with Crippen molar-refractivity contribution in [1.82, 2.24) is 4.31 Å². The van der Waals surface area contributed by atoms with Crippen molar-refractivity contribution in [2.45, 2.75) is 58.0 Å². The van der Waals surface area contributed by atoms with Crippen LogP contribution in [-0.2, 0) is 10.0 Å². The van der Waals surface area contributed by atoms with E-state index < -0.39 is 10.0 Å². The van der Waals surface area contributed by atoms with Gasteiger partial charge in [-0.2, -0.15) is 4.31 Å². The zero-order valence-electron chi connectivity index (χ0n) is 12.9. The summed E-state index contributed by atoms with van der Waals surface area (Å²) < 4.78 is 27.6. The number of hydrogen-bond acceptors (Lipinski definition) is 3. The van der Waals surface area contributed by atoms with E-state index in [1.165, 1.54) is 0 Å². The normalized spacial score (nSPS) is 24.3. The number of benzene rings is 1. The van der Waals surface area contributed by atoms with Crippen molar-refractivity contribution in [1.29, 1.82) is 0 Å². The van der Waals surface area contributed by atoms with E-state index in [1.54, 1.807) is 4.31 Å². The highest BCUT2D eigenvalue weighted by Crippen LogP contribution is 2.32. The van der Waals surface area contributed by atoms with Crippen LogP contribution in [0.4, 0.5) is 0 Å². The summed E-state index contributed by atoms with van der Waals surface area (Å²) in [6.07, 6.45) is 0.725. The van der Waals surface area contributed by atoms with E-state index in [2.05, 4.69) is 0 Å². The largest absolute Gasteiger partial charge is 0.326 e. The molecular formula is C15H24N2O2S. The van der Waals surface area contributed by atoms with Gasteiger partial charge in [0.2, 0.25) is 10.0 Å². The Labute approximate surface area is 122 Å².